The number of halogens is 3. The number of amides is 1. The van der Waals surface area contributed by atoms with Crippen molar-refractivity contribution in [1.82, 2.24) is 4.98 Å². The van der Waals surface area contributed by atoms with Crippen LogP contribution < -0.4 is 10.1 Å². The summed E-state index contributed by atoms with van der Waals surface area (Å²) in [4.78, 5) is 16.0. The number of rotatable bonds is 4. The first kappa shape index (κ1) is 16.5. The van der Waals surface area contributed by atoms with Crippen molar-refractivity contribution in [3.05, 3.63) is 51.5 Å². The van der Waals surface area contributed by atoms with Gasteiger partial charge in [-0.25, -0.2) is 4.39 Å². The van der Waals surface area contributed by atoms with Crippen LogP contribution in [0, 0.1) is 19.7 Å². The Morgan fingerprint density at radius 1 is 1.18 bits per heavy atom. The summed E-state index contributed by atoms with van der Waals surface area (Å²) in [6, 6.07) is 5.40. The van der Waals surface area contributed by atoms with E-state index < -0.39 is 5.91 Å². The predicted molar refractivity (Wildman–Crippen MR) is 84.3 cm³/mol. The molecule has 0 unspecified atom stereocenters. The molecule has 0 aliphatic carbocycles. The van der Waals surface area contributed by atoms with Gasteiger partial charge in [0.1, 0.15) is 15.9 Å². The third-order valence-corrected chi connectivity index (χ3v) is 3.74. The number of pyridine rings is 1. The Hall–Kier alpha value is -1.85. The van der Waals surface area contributed by atoms with Crippen molar-refractivity contribution in [2.75, 3.05) is 11.9 Å². The molecule has 0 aliphatic heterocycles. The van der Waals surface area contributed by atoms with Crippen LogP contribution in [-0.2, 0) is 4.79 Å². The first-order valence-corrected chi connectivity index (χ1v) is 7.14. The molecule has 0 radical (unpaired) electrons. The largest absolute Gasteiger partial charge is 0.480 e. The lowest BCUT2D eigenvalue weighted by molar-refractivity contribution is -0.118. The highest BCUT2D eigenvalue weighted by molar-refractivity contribution is 6.37. The minimum absolute atomic E-state index is 0.225. The molecule has 7 heteroatoms. The molecule has 2 aromatic rings. The number of anilines is 1. The van der Waals surface area contributed by atoms with Gasteiger partial charge < -0.3 is 10.1 Å². The first-order chi connectivity index (χ1) is 10.4. The predicted octanol–water partition coefficient (Wildman–Crippen LogP) is 4.16. The smallest absolute Gasteiger partial charge is 0.262 e. The molecule has 1 aromatic carbocycles. The molecule has 0 aliphatic rings. The van der Waals surface area contributed by atoms with Crippen LogP contribution in [0.3, 0.4) is 0 Å². The molecule has 1 amide bonds. The van der Waals surface area contributed by atoms with Gasteiger partial charge in [0.15, 0.2) is 12.4 Å². The molecule has 116 valence electrons. The normalized spacial score (nSPS) is 10.4. The quantitative estimate of drug-likeness (QED) is 0.907. The maximum Gasteiger partial charge on any atom is 0.262 e. The molecule has 0 saturated heterocycles. The van der Waals surface area contributed by atoms with Gasteiger partial charge in [0, 0.05) is 5.69 Å². The Morgan fingerprint density at radius 3 is 2.27 bits per heavy atom. The van der Waals surface area contributed by atoms with E-state index in [1.807, 2.05) is 0 Å². The highest BCUT2D eigenvalue weighted by Gasteiger charge is 2.15. The molecule has 0 atom stereocenters. The molecule has 1 aromatic heterocycles. The van der Waals surface area contributed by atoms with Gasteiger partial charge >= 0.3 is 0 Å². The zero-order valence-electron chi connectivity index (χ0n) is 11.9. The summed E-state index contributed by atoms with van der Waals surface area (Å²) in [5.41, 5.74) is 1.60. The SMILES string of the molecule is Cc1nc(C)c(Cl)c(OCC(=O)Nc2ccc(F)cc2)c1Cl. The molecular weight excluding hydrogens is 330 g/mol. The number of aromatic nitrogens is 1. The van der Waals surface area contributed by atoms with Crippen molar-refractivity contribution in [2.24, 2.45) is 0 Å². The Kier molecular flexibility index (Phi) is 5.21. The first-order valence-electron chi connectivity index (χ1n) is 6.39. The number of carbonyl (C=O) groups is 1. The van der Waals surface area contributed by atoms with E-state index in [2.05, 4.69) is 10.3 Å². The molecular formula is C15H13Cl2FN2O2. The lowest BCUT2D eigenvalue weighted by Crippen LogP contribution is -2.20. The summed E-state index contributed by atoms with van der Waals surface area (Å²) >= 11 is 12.2. The van der Waals surface area contributed by atoms with Crippen LogP contribution >= 0.6 is 23.2 Å². The van der Waals surface area contributed by atoms with Crippen LogP contribution in [0.15, 0.2) is 24.3 Å². The third kappa shape index (κ3) is 3.87. The molecule has 2 rings (SSSR count). The van der Waals surface area contributed by atoms with Crippen molar-refractivity contribution in [3.63, 3.8) is 0 Å². The minimum atomic E-state index is -0.411. The van der Waals surface area contributed by atoms with Crippen LogP contribution in [0.5, 0.6) is 5.75 Å². The Labute approximate surface area is 137 Å². The number of nitrogens with zero attached hydrogens (tertiary/aromatic N) is 1. The van der Waals surface area contributed by atoms with E-state index in [0.717, 1.165) is 0 Å². The zero-order chi connectivity index (χ0) is 16.3. The molecule has 1 heterocycles. The van der Waals surface area contributed by atoms with Crippen molar-refractivity contribution in [2.45, 2.75) is 13.8 Å². The minimum Gasteiger partial charge on any atom is -0.480 e. The second-order valence-electron chi connectivity index (χ2n) is 4.58. The van der Waals surface area contributed by atoms with Crippen LogP contribution in [0.25, 0.3) is 0 Å². The van der Waals surface area contributed by atoms with Gasteiger partial charge in [-0.3, -0.25) is 9.78 Å². The fourth-order valence-electron chi connectivity index (χ4n) is 1.77. The van der Waals surface area contributed by atoms with Gasteiger partial charge in [-0.15, -0.1) is 0 Å². The van der Waals surface area contributed by atoms with E-state index in [1.54, 1.807) is 13.8 Å². The lowest BCUT2D eigenvalue weighted by Gasteiger charge is -2.13. The number of aryl methyl sites for hydroxylation is 2. The summed E-state index contributed by atoms with van der Waals surface area (Å²) < 4.78 is 18.2. The highest BCUT2D eigenvalue weighted by Crippen LogP contribution is 2.36. The summed E-state index contributed by atoms with van der Waals surface area (Å²) in [6.07, 6.45) is 0. The molecule has 0 bridgehead atoms. The van der Waals surface area contributed by atoms with E-state index in [1.165, 1.54) is 24.3 Å². The maximum absolute atomic E-state index is 12.8. The number of ether oxygens (including phenoxy) is 1. The third-order valence-electron chi connectivity index (χ3n) is 2.84. The molecule has 0 saturated carbocycles. The maximum atomic E-state index is 12.8. The van der Waals surface area contributed by atoms with Crippen LogP contribution in [0.1, 0.15) is 11.4 Å². The van der Waals surface area contributed by atoms with Gasteiger partial charge in [0.25, 0.3) is 5.91 Å². The second kappa shape index (κ2) is 6.94. The number of hydrogen-bond donors (Lipinski definition) is 1. The van der Waals surface area contributed by atoms with E-state index in [0.29, 0.717) is 17.1 Å². The fourth-order valence-corrected chi connectivity index (χ4v) is 2.20. The summed E-state index contributed by atoms with van der Waals surface area (Å²) in [7, 11) is 0. The van der Waals surface area contributed by atoms with Crippen molar-refractivity contribution in [1.29, 1.82) is 0 Å². The molecule has 1 N–H and O–H groups in total. The second-order valence-corrected chi connectivity index (χ2v) is 5.34. The molecule has 0 fully saturated rings. The van der Waals surface area contributed by atoms with E-state index in [-0.39, 0.29) is 28.2 Å². The summed E-state index contributed by atoms with van der Waals surface area (Å²) in [5, 5.41) is 3.11. The van der Waals surface area contributed by atoms with Crippen LogP contribution in [0.4, 0.5) is 10.1 Å². The van der Waals surface area contributed by atoms with Crippen molar-refractivity contribution >= 4 is 34.8 Å². The average Bonchev–Trinajstić information content (AvgIpc) is 2.47. The molecule has 0 spiro atoms. The molecule has 4 nitrogen and oxygen atoms in total. The Morgan fingerprint density at radius 2 is 1.73 bits per heavy atom. The van der Waals surface area contributed by atoms with Crippen molar-refractivity contribution in [3.8, 4) is 5.75 Å². The zero-order valence-corrected chi connectivity index (χ0v) is 13.4. The monoisotopic (exact) mass is 342 g/mol. The highest BCUT2D eigenvalue weighted by atomic mass is 35.5. The number of carbonyl (C=O) groups excluding carboxylic acids is 1. The van der Waals surface area contributed by atoms with E-state index in [4.69, 9.17) is 27.9 Å². The van der Waals surface area contributed by atoms with E-state index in [9.17, 15) is 9.18 Å². The van der Waals surface area contributed by atoms with Crippen molar-refractivity contribution < 1.29 is 13.9 Å². The topological polar surface area (TPSA) is 51.2 Å². The van der Waals surface area contributed by atoms with Gasteiger partial charge in [-0.2, -0.15) is 0 Å². The lowest BCUT2D eigenvalue weighted by atomic mass is 10.3. The van der Waals surface area contributed by atoms with Gasteiger partial charge in [0.2, 0.25) is 0 Å². The summed E-state index contributed by atoms with van der Waals surface area (Å²) in [6.45, 7) is 3.16. The fraction of sp³-hybridized carbons (Fsp3) is 0.200. The number of benzene rings is 1. The summed E-state index contributed by atoms with van der Waals surface area (Å²) in [5.74, 6) is -0.566. The average molecular weight is 343 g/mol. The van der Waals surface area contributed by atoms with Crippen LogP contribution in [-0.4, -0.2) is 17.5 Å². The van der Waals surface area contributed by atoms with Gasteiger partial charge in [0.05, 0.1) is 11.4 Å². The van der Waals surface area contributed by atoms with Gasteiger partial charge in [-0.05, 0) is 38.1 Å². The Bertz CT molecular complexity index is 679. The standard InChI is InChI=1S/C15H13Cl2FN2O2/c1-8-13(16)15(14(17)9(2)19-8)22-7-12(21)20-11-5-3-10(18)4-6-11/h3-6H,7H2,1-2H3,(H,20,21). The van der Waals surface area contributed by atoms with Crippen LogP contribution in [0.2, 0.25) is 10.0 Å². The van der Waals surface area contributed by atoms with E-state index >= 15 is 0 Å². The van der Waals surface area contributed by atoms with Gasteiger partial charge in [-0.1, -0.05) is 23.2 Å². The number of hydrogen-bond acceptors (Lipinski definition) is 3. The molecule has 22 heavy (non-hydrogen) atoms. The number of nitrogens with one attached hydrogen (secondary N) is 1. The Balaban J connectivity index is 2.04.